The number of ether oxygens (including phenoxy) is 3. The highest BCUT2D eigenvalue weighted by Crippen LogP contribution is 2.62. The van der Waals surface area contributed by atoms with Gasteiger partial charge in [0.25, 0.3) is 0 Å². The van der Waals surface area contributed by atoms with E-state index in [1.165, 1.54) is 21.7 Å². The predicted octanol–water partition coefficient (Wildman–Crippen LogP) is -0.688. The molecule has 0 aromatic heterocycles. The molecule has 1 aliphatic heterocycles. The SMILES string of the molecule is O=C(COC(=O)C1C2CC3C(OC(=O)C31)C2CC(=O)C(F)(F)SOO[O-])OC12CC3CC(CC(O)(C3)C1)C2.[B][B]B(B([B])[B])B(B([B])[B])B(B([B])[B])B([B])[B].c1ccc([S+](c2ccccc2)c2ccccc2)cc1. The fraction of sp³-hybridized carbons (Fsp3) is 0.476. The van der Waals surface area contributed by atoms with Crippen LogP contribution in [0.4, 0.5) is 8.78 Å². The summed E-state index contributed by atoms with van der Waals surface area (Å²) in [7, 11) is 52.0. The number of fused-ring (bicyclic) bond motifs is 1. The standard InChI is InChI=1S/C24H28F2O11S.C18H15S.B17/c25-24(26,38-37-36-32)15(27)3-13-12-2-14-18(21(30)34-19(13)14)17(12)20(29)33-8-16(28)35-23-6-10-1-11(7-23)5-22(31,4-10)9-23;1-4-10-16(11-5-1)19(17-12-6-2-7-13-17)18-14-8-3-9-15-18;1-10-15(11(2)3)17(14(8)9)16(12(4)5)13(6)7/h10-14,17-19,31-32H,1-9H2;1-15H;/q;+1;/p-1. The van der Waals surface area contributed by atoms with E-state index in [2.05, 4.69) is 100 Å². The Morgan fingerprint density at radius 2 is 1.30 bits per heavy atom. The minimum Gasteiger partial charge on any atom is -0.691 e. The average molecular weight is 1010 g/mol. The second-order valence-electron chi connectivity index (χ2n) is 20.5. The second-order valence-corrected chi connectivity index (χ2v) is 23.3. The number of halogens is 2. The minimum atomic E-state index is -4.08. The van der Waals surface area contributed by atoms with Gasteiger partial charge >= 0.3 is 23.2 Å². The van der Waals surface area contributed by atoms with Gasteiger partial charge in [-0.25, -0.2) is 4.79 Å². The van der Waals surface area contributed by atoms with Gasteiger partial charge in [0.15, 0.2) is 21.3 Å². The Morgan fingerprint density at radius 1 is 0.784 bits per heavy atom. The molecule has 3 aromatic carbocycles. The number of ketones is 1. The molecule has 1 saturated heterocycles. The number of alkyl halides is 2. The van der Waals surface area contributed by atoms with E-state index in [0.717, 1.165) is 6.42 Å². The Hall–Kier alpha value is -2.76. The minimum absolute atomic E-state index is 0.0146. The van der Waals surface area contributed by atoms with Gasteiger partial charge in [-0.05, 0) is 92.7 Å². The molecule has 74 heavy (non-hydrogen) atoms. The molecule has 8 unspecified atom stereocenters. The molecule has 7 aliphatic rings. The van der Waals surface area contributed by atoms with Crippen molar-refractivity contribution in [3.63, 3.8) is 0 Å². The van der Waals surface area contributed by atoms with Crippen LogP contribution in [0.5, 0.6) is 0 Å². The number of carbonyl (C=O) groups excluding carboxylic acids is 4. The van der Waals surface area contributed by atoms with Crippen LogP contribution in [0.3, 0.4) is 0 Å². The normalized spacial score (nSPS) is 27.3. The summed E-state index contributed by atoms with van der Waals surface area (Å²) in [6.07, 6.45) is -1.74. The molecule has 19 radical (unpaired) electrons. The third-order valence-corrected chi connectivity index (χ3v) is 18.2. The van der Waals surface area contributed by atoms with Gasteiger partial charge in [-0.3, -0.25) is 19.4 Å². The van der Waals surface area contributed by atoms with Crippen LogP contribution < -0.4 is 5.26 Å². The number of benzene rings is 3. The van der Waals surface area contributed by atoms with Crippen molar-refractivity contribution >= 4 is 168 Å². The molecule has 11 nitrogen and oxygen atoms in total. The first kappa shape index (κ1) is 58.9. The largest absolute Gasteiger partial charge is 0.691 e. The quantitative estimate of drug-likeness (QED) is 0.0290. The van der Waals surface area contributed by atoms with Crippen molar-refractivity contribution in [1.82, 2.24) is 0 Å². The molecule has 6 aliphatic carbocycles. The number of hydrogen-bond acceptors (Lipinski definition) is 12. The highest BCUT2D eigenvalue weighted by molar-refractivity contribution is 8.15. The second kappa shape index (κ2) is 25.4. The average Bonchev–Trinajstić information content (AvgIpc) is 3.97. The Morgan fingerprint density at radius 3 is 1.74 bits per heavy atom. The Labute approximate surface area is 455 Å². The number of hydrogen-bond donors (Lipinski definition) is 1. The lowest BCUT2D eigenvalue weighted by atomic mass is 8.43. The number of esters is 3. The first-order chi connectivity index (χ1) is 35.1. The molecular weight excluding hydrogens is 966 g/mol. The molecule has 0 spiro atoms. The molecular formula is C42H42B17F2O11S2. The third kappa shape index (κ3) is 13.6. The van der Waals surface area contributed by atoms with Crippen molar-refractivity contribution in [2.45, 2.75) is 88.6 Å². The number of carbonyl (C=O) groups is 4. The Bertz CT molecular complexity index is 2270. The molecule has 8 atom stereocenters. The highest BCUT2D eigenvalue weighted by Gasteiger charge is 2.69. The van der Waals surface area contributed by atoms with Crippen molar-refractivity contribution < 1.29 is 61.9 Å². The van der Waals surface area contributed by atoms with Crippen molar-refractivity contribution in [2.24, 2.45) is 41.4 Å². The maximum Gasteiger partial charge on any atom is 0.378 e. The van der Waals surface area contributed by atoms with Crippen molar-refractivity contribution in [2.75, 3.05) is 6.61 Å². The summed E-state index contributed by atoms with van der Waals surface area (Å²) in [5.41, 5.74) is -1.60. The lowest BCUT2D eigenvalue weighted by Gasteiger charge is -2.59. The molecule has 6 bridgehead atoms. The van der Waals surface area contributed by atoms with Gasteiger partial charge in [0, 0.05) is 146 Å². The van der Waals surface area contributed by atoms with Crippen LogP contribution in [0, 0.1) is 41.4 Å². The van der Waals surface area contributed by atoms with E-state index >= 15 is 0 Å². The third-order valence-electron chi connectivity index (χ3n) is 15.4. The molecule has 1 heterocycles. The lowest BCUT2D eigenvalue weighted by Crippen LogP contribution is -2.76. The van der Waals surface area contributed by atoms with Gasteiger partial charge < -0.3 is 24.6 Å². The zero-order valence-corrected chi connectivity index (χ0v) is 42.2. The molecule has 1 N–H and O–H groups in total. The van der Waals surface area contributed by atoms with Crippen molar-refractivity contribution in [3.05, 3.63) is 91.0 Å². The van der Waals surface area contributed by atoms with Gasteiger partial charge in [0.1, 0.15) is 23.7 Å². The highest BCUT2D eigenvalue weighted by atomic mass is 32.2. The number of Topliss-reactive ketones (excluding diaryl/α,β-unsaturated/α-hetero) is 1. The van der Waals surface area contributed by atoms with Crippen LogP contribution in [0.25, 0.3) is 0 Å². The first-order valence-corrected chi connectivity index (χ1v) is 26.4. The monoisotopic (exact) mass is 1010 g/mol. The van der Waals surface area contributed by atoms with E-state index in [0.29, 0.717) is 38.5 Å². The van der Waals surface area contributed by atoms with E-state index in [-0.39, 0.29) is 22.7 Å². The fourth-order valence-electron chi connectivity index (χ4n) is 13.1. The zero-order valence-electron chi connectivity index (χ0n) is 40.6. The van der Waals surface area contributed by atoms with Crippen LogP contribution in [-0.4, -0.2) is 179 Å². The summed E-state index contributed by atoms with van der Waals surface area (Å²) >= 11 is -0.733. The predicted molar refractivity (Wildman–Crippen MR) is 295 cm³/mol. The van der Waals surface area contributed by atoms with Crippen molar-refractivity contribution in [1.29, 1.82) is 0 Å². The summed E-state index contributed by atoms with van der Waals surface area (Å²) in [6, 6.07) is 32.2. The Balaban J connectivity index is 0.000000186. The molecule has 353 valence electrons. The lowest BCUT2D eigenvalue weighted by molar-refractivity contribution is -0.777. The first-order valence-electron chi connectivity index (χ1n) is 24.5. The summed E-state index contributed by atoms with van der Waals surface area (Å²) in [5, 5.41) is 19.5. The summed E-state index contributed by atoms with van der Waals surface area (Å²) in [5.74, 6) is -7.03. The van der Waals surface area contributed by atoms with Crippen LogP contribution in [0.1, 0.15) is 51.4 Å². The van der Waals surface area contributed by atoms with E-state index in [1.807, 2.05) is 0 Å². The molecule has 7 fully saturated rings. The van der Waals surface area contributed by atoms with Gasteiger partial charge in [-0.2, -0.15) is 13.1 Å². The van der Waals surface area contributed by atoms with Crippen LogP contribution in [0.15, 0.2) is 106 Å². The summed E-state index contributed by atoms with van der Waals surface area (Å²) < 4.78 is 48.0. The van der Waals surface area contributed by atoms with Gasteiger partial charge in [-0.15, -0.1) is 0 Å². The molecule has 32 heteroatoms. The maximum atomic E-state index is 14.0. The van der Waals surface area contributed by atoms with Crippen LogP contribution in [0.2, 0.25) is 0 Å². The van der Waals surface area contributed by atoms with E-state index in [9.17, 15) is 38.3 Å². The van der Waals surface area contributed by atoms with Gasteiger partial charge in [0.05, 0.1) is 28.3 Å². The van der Waals surface area contributed by atoms with Gasteiger partial charge in [0.2, 0.25) is 5.78 Å². The smallest absolute Gasteiger partial charge is 0.378 e. The number of rotatable bonds is 20. The molecule has 0 amide bonds. The zero-order chi connectivity index (χ0) is 53.7. The Kier molecular flexibility index (Phi) is 20.2. The van der Waals surface area contributed by atoms with Gasteiger partial charge in [-0.1, -0.05) is 54.6 Å². The van der Waals surface area contributed by atoms with E-state index in [4.69, 9.17) is 83.8 Å². The molecule has 6 saturated carbocycles. The fourth-order valence-corrected chi connectivity index (χ4v) is 15.5. The molecule has 10 rings (SSSR count). The van der Waals surface area contributed by atoms with E-state index in [1.54, 1.807) is 0 Å². The van der Waals surface area contributed by atoms with Crippen LogP contribution in [-0.2, 0) is 53.7 Å². The van der Waals surface area contributed by atoms with Crippen molar-refractivity contribution in [3.8, 4) is 0 Å². The number of aliphatic hydroxyl groups is 1. The summed E-state index contributed by atoms with van der Waals surface area (Å²) in [6.45, 7) is -0.682. The summed E-state index contributed by atoms with van der Waals surface area (Å²) in [4.78, 5) is 54.6. The van der Waals surface area contributed by atoms with E-state index < -0.39 is 146 Å². The topological polar surface area (TPSA) is 158 Å². The molecule has 3 aromatic rings. The van der Waals surface area contributed by atoms with Crippen LogP contribution >= 0.6 is 12.0 Å². The maximum absolute atomic E-state index is 14.0.